The van der Waals surface area contributed by atoms with Crippen LogP contribution in [0.1, 0.15) is 41.0 Å². The third-order valence-electron chi connectivity index (χ3n) is 7.86. The third kappa shape index (κ3) is 7.29. The lowest BCUT2D eigenvalue weighted by molar-refractivity contribution is 0.0592. The standard InChI is InChI=1S/C35H38FNO3/c1-25-21-34(39-2)15-16-35(25)40-24-33(38)23-37-19-17-31(18-20-37)30-11-9-29(10-12-30)28-7-3-26(4-8-28)22-27-5-13-32(36)14-6-27/h3-16,21,31,33,38H,17-20,22-24H2,1-2H3. The van der Waals surface area contributed by atoms with E-state index in [1.54, 1.807) is 7.11 Å². The summed E-state index contributed by atoms with van der Waals surface area (Å²) in [5, 5.41) is 10.6. The molecule has 0 saturated carbocycles. The van der Waals surface area contributed by atoms with Crippen molar-refractivity contribution in [3.8, 4) is 22.6 Å². The van der Waals surface area contributed by atoms with Crippen LogP contribution >= 0.6 is 0 Å². The van der Waals surface area contributed by atoms with Gasteiger partial charge in [0.15, 0.2) is 0 Å². The molecule has 5 rings (SSSR count). The van der Waals surface area contributed by atoms with Gasteiger partial charge in [-0.1, -0.05) is 60.7 Å². The molecule has 5 heteroatoms. The van der Waals surface area contributed by atoms with Crippen LogP contribution in [-0.2, 0) is 6.42 Å². The molecule has 1 heterocycles. The summed E-state index contributed by atoms with van der Waals surface area (Å²) in [6.45, 7) is 4.83. The van der Waals surface area contributed by atoms with Gasteiger partial charge in [0, 0.05) is 6.54 Å². The van der Waals surface area contributed by atoms with Crippen molar-refractivity contribution in [1.82, 2.24) is 4.90 Å². The minimum absolute atomic E-state index is 0.200. The van der Waals surface area contributed by atoms with Gasteiger partial charge in [0.1, 0.15) is 30.0 Å². The summed E-state index contributed by atoms with van der Waals surface area (Å²) in [5.41, 5.74) is 7.12. The van der Waals surface area contributed by atoms with Gasteiger partial charge in [0.25, 0.3) is 0 Å². The van der Waals surface area contributed by atoms with Gasteiger partial charge in [-0.05, 0) is 109 Å². The zero-order chi connectivity index (χ0) is 27.9. The highest BCUT2D eigenvalue weighted by molar-refractivity contribution is 5.64. The van der Waals surface area contributed by atoms with Crippen molar-refractivity contribution in [3.63, 3.8) is 0 Å². The number of ether oxygens (including phenoxy) is 2. The predicted molar refractivity (Wildman–Crippen MR) is 159 cm³/mol. The van der Waals surface area contributed by atoms with Crippen molar-refractivity contribution in [3.05, 3.63) is 119 Å². The Hall–Kier alpha value is -3.67. The molecule has 1 aliphatic rings. The van der Waals surface area contributed by atoms with E-state index in [2.05, 4.69) is 53.4 Å². The Morgan fingerprint density at radius 1 is 0.850 bits per heavy atom. The number of methoxy groups -OCH3 is 1. The maximum Gasteiger partial charge on any atom is 0.123 e. The molecule has 4 nitrogen and oxygen atoms in total. The molecule has 4 aromatic carbocycles. The lowest BCUT2D eigenvalue weighted by atomic mass is 9.88. The van der Waals surface area contributed by atoms with E-state index in [4.69, 9.17) is 9.47 Å². The number of piperidine rings is 1. The first-order chi connectivity index (χ1) is 19.5. The first kappa shape index (κ1) is 27.9. The van der Waals surface area contributed by atoms with Gasteiger partial charge in [-0.2, -0.15) is 0 Å². The molecule has 1 unspecified atom stereocenters. The number of aryl methyl sites for hydroxylation is 1. The Labute approximate surface area is 237 Å². The Morgan fingerprint density at radius 3 is 2.05 bits per heavy atom. The van der Waals surface area contributed by atoms with Crippen LogP contribution in [0.2, 0.25) is 0 Å². The minimum Gasteiger partial charge on any atom is -0.497 e. The summed E-state index contributed by atoms with van der Waals surface area (Å²) in [6.07, 6.45) is 2.44. The highest BCUT2D eigenvalue weighted by atomic mass is 19.1. The predicted octanol–water partition coefficient (Wildman–Crippen LogP) is 7.02. The molecule has 0 aliphatic carbocycles. The molecule has 1 N–H and O–H groups in total. The molecule has 0 radical (unpaired) electrons. The first-order valence-corrected chi connectivity index (χ1v) is 14.1. The van der Waals surface area contributed by atoms with Gasteiger partial charge >= 0.3 is 0 Å². The first-order valence-electron chi connectivity index (χ1n) is 14.1. The molecule has 0 bridgehead atoms. The lowest BCUT2D eigenvalue weighted by Crippen LogP contribution is -2.40. The summed E-state index contributed by atoms with van der Waals surface area (Å²) in [5.74, 6) is 1.92. The highest BCUT2D eigenvalue weighted by Crippen LogP contribution is 2.30. The zero-order valence-corrected chi connectivity index (χ0v) is 23.4. The molecule has 1 aliphatic heterocycles. The van der Waals surface area contributed by atoms with E-state index in [0.29, 0.717) is 12.5 Å². The number of hydrogen-bond acceptors (Lipinski definition) is 4. The normalized spacial score (nSPS) is 15.1. The topological polar surface area (TPSA) is 41.9 Å². The SMILES string of the molecule is COc1ccc(OCC(O)CN2CCC(c3ccc(-c4ccc(Cc5ccc(F)cc5)cc4)cc3)CC2)c(C)c1. The van der Waals surface area contributed by atoms with Crippen molar-refractivity contribution in [2.24, 2.45) is 0 Å². The van der Waals surface area contributed by atoms with Crippen LogP contribution in [0.4, 0.5) is 4.39 Å². The van der Waals surface area contributed by atoms with E-state index in [9.17, 15) is 9.50 Å². The van der Waals surface area contributed by atoms with Gasteiger partial charge in [-0.3, -0.25) is 0 Å². The van der Waals surface area contributed by atoms with E-state index >= 15 is 0 Å². The number of aliphatic hydroxyl groups is 1. The average molecular weight is 540 g/mol. The Balaban J connectivity index is 1.08. The molecule has 0 aromatic heterocycles. The summed E-state index contributed by atoms with van der Waals surface area (Å²) in [6, 6.07) is 30.0. The Bertz CT molecular complexity index is 1360. The van der Waals surface area contributed by atoms with Crippen LogP contribution in [0.3, 0.4) is 0 Å². The van der Waals surface area contributed by atoms with E-state index in [1.165, 1.54) is 34.4 Å². The quantitative estimate of drug-likeness (QED) is 0.235. The smallest absolute Gasteiger partial charge is 0.123 e. The number of rotatable bonds is 10. The molecule has 40 heavy (non-hydrogen) atoms. The molecule has 1 saturated heterocycles. The molecule has 0 spiro atoms. The van der Waals surface area contributed by atoms with Crippen molar-refractivity contribution < 1.29 is 19.0 Å². The lowest BCUT2D eigenvalue weighted by Gasteiger charge is -2.33. The summed E-state index contributed by atoms with van der Waals surface area (Å²) < 4.78 is 24.3. The third-order valence-corrected chi connectivity index (χ3v) is 7.86. The number of hydrogen-bond donors (Lipinski definition) is 1. The van der Waals surface area contributed by atoms with E-state index < -0.39 is 6.10 Å². The monoisotopic (exact) mass is 539 g/mol. The van der Waals surface area contributed by atoms with Gasteiger partial charge in [0.05, 0.1) is 7.11 Å². The van der Waals surface area contributed by atoms with Gasteiger partial charge in [-0.15, -0.1) is 0 Å². The van der Waals surface area contributed by atoms with Crippen LogP contribution in [0, 0.1) is 12.7 Å². The second kappa shape index (κ2) is 13.1. The van der Waals surface area contributed by atoms with Gasteiger partial charge in [0.2, 0.25) is 0 Å². The molecule has 208 valence electrons. The van der Waals surface area contributed by atoms with Crippen LogP contribution in [0.5, 0.6) is 11.5 Å². The van der Waals surface area contributed by atoms with Crippen LogP contribution < -0.4 is 9.47 Å². The van der Waals surface area contributed by atoms with Crippen LogP contribution in [0.15, 0.2) is 91.0 Å². The minimum atomic E-state index is -0.528. The summed E-state index contributed by atoms with van der Waals surface area (Å²) in [7, 11) is 1.65. The van der Waals surface area contributed by atoms with E-state index in [1.807, 2.05) is 37.3 Å². The van der Waals surface area contributed by atoms with Crippen LogP contribution in [0.25, 0.3) is 11.1 Å². The van der Waals surface area contributed by atoms with Crippen LogP contribution in [-0.4, -0.2) is 49.5 Å². The maximum atomic E-state index is 13.2. The second-order valence-corrected chi connectivity index (χ2v) is 10.8. The fourth-order valence-corrected chi connectivity index (χ4v) is 5.50. The molecule has 1 fully saturated rings. The van der Waals surface area contributed by atoms with E-state index in [-0.39, 0.29) is 12.4 Å². The number of β-amino-alcohol motifs (C(OH)–C–C–N with tert-alkyl or cyclic N) is 1. The molecule has 1 atom stereocenters. The molecular weight excluding hydrogens is 501 g/mol. The largest absolute Gasteiger partial charge is 0.497 e. The molecular formula is C35H38FNO3. The number of nitrogens with zero attached hydrogens (tertiary/aromatic N) is 1. The number of likely N-dealkylation sites (tertiary alicyclic amines) is 1. The van der Waals surface area contributed by atoms with Gasteiger partial charge < -0.3 is 19.5 Å². The summed E-state index contributed by atoms with van der Waals surface area (Å²) in [4.78, 5) is 2.34. The fraction of sp³-hybridized carbons (Fsp3) is 0.314. The van der Waals surface area contributed by atoms with Crippen molar-refractivity contribution in [1.29, 1.82) is 0 Å². The number of benzene rings is 4. The Morgan fingerprint density at radius 2 is 1.45 bits per heavy atom. The number of aliphatic hydroxyl groups excluding tert-OH is 1. The molecule has 0 amide bonds. The zero-order valence-electron chi connectivity index (χ0n) is 23.4. The highest BCUT2D eigenvalue weighted by Gasteiger charge is 2.22. The van der Waals surface area contributed by atoms with E-state index in [0.717, 1.165) is 55.0 Å². The molecule has 4 aromatic rings. The Kier molecular flexibility index (Phi) is 9.15. The maximum absolute atomic E-state index is 13.2. The van der Waals surface area contributed by atoms with Crippen molar-refractivity contribution in [2.45, 2.75) is 38.2 Å². The fourth-order valence-electron chi connectivity index (χ4n) is 5.50. The second-order valence-electron chi connectivity index (χ2n) is 10.8. The van der Waals surface area contributed by atoms with Gasteiger partial charge in [-0.25, -0.2) is 4.39 Å². The van der Waals surface area contributed by atoms with Crippen molar-refractivity contribution >= 4 is 0 Å². The van der Waals surface area contributed by atoms with Crippen molar-refractivity contribution in [2.75, 3.05) is 33.4 Å². The summed E-state index contributed by atoms with van der Waals surface area (Å²) >= 11 is 0. The number of halogens is 1. The average Bonchev–Trinajstić information content (AvgIpc) is 2.98.